The number of aromatic nitrogens is 2. The van der Waals surface area contributed by atoms with E-state index in [1.165, 1.54) is 32.8 Å². The molecule has 0 unspecified atom stereocenters. The number of aryl methyl sites for hydroxylation is 3. The summed E-state index contributed by atoms with van der Waals surface area (Å²) in [5.41, 5.74) is 8.56. The second-order valence-corrected chi connectivity index (χ2v) is 8.93. The number of nitrogens with zero attached hydrogens (tertiary/aromatic N) is 3. The summed E-state index contributed by atoms with van der Waals surface area (Å²) in [5.74, 6) is 0.432. The first kappa shape index (κ1) is 18.9. The van der Waals surface area contributed by atoms with Crippen LogP contribution in [-0.2, 0) is 7.05 Å². The van der Waals surface area contributed by atoms with E-state index in [1.807, 2.05) is 0 Å². The Morgan fingerprint density at radius 2 is 1.80 bits per heavy atom. The highest BCUT2D eigenvalue weighted by atomic mass is 16.3. The van der Waals surface area contributed by atoms with E-state index in [-0.39, 0.29) is 0 Å². The number of fused-ring (bicyclic) bond motifs is 3. The lowest BCUT2D eigenvalue weighted by Gasteiger charge is -2.18. The molecule has 4 heteroatoms. The monoisotopic (exact) mass is 398 g/mol. The molecule has 30 heavy (non-hydrogen) atoms. The van der Waals surface area contributed by atoms with Crippen molar-refractivity contribution in [1.82, 2.24) is 14.1 Å². The zero-order valence-electron chi connectivity index (χ0n) is 18.8. The van der Waals surface area contributed by atoms with Gasteiger partial charge in [0.25, 0.3) is 0 Å². The Hall–Kier alpha value is -3.14. The third-order valence-electron chi connectivity index (χ3n) is 6.44. The van der Waals surface area contributed by atoms with Gasteiger partial charge in [0.05, 0.1) is 5.52 Å². The third kappa shape index (κ3) is 2.53. The van der Waals surface area contributed by atoms with Crippen molar-refractivity contribution in [2.45, 2.75) is 33.6 Å². The fourth-order valence-corrected chi connectivity index (χ4v) is 4.61. The average molecular weight is 399 g/mol. The fraction of sp³-hybridized carbons (Fsp3) is 0.308. The third-order valence-corrected chi connectivity index (χ3v) is 6.44. The highest BCUT2D eigenvalue weighted by Gasteiger charge is 2.19. The van der Waals surface area contributed by atoms with Crippen LogP contribution < -0.4 is 9.93 Å². The van der Waals surface area contributed by atoms with Gasteiger partial charge in [-0.3, -0.25) is 0 Å². The molecule has 0 aliphatic rings. The molecule has 5 aromatic rings. The predicted molar refractivity (Wildman–Crippen MR) is 126 cm³/mol. The molecule has 0 aliphatic carbocycles. The summed E-state index contributed by atoms with van der Waals surface area (Å²) in [6.07, 6.45) is 0. The summed E-state index contributed by atoms with van der Waals surface area (Å²) in [6.45, 7) is 8.85. The summed E-state index contributed by atoms with van der Waals surface area (Å²) < 4.78 is 10.9. The molecule has 4 nitrogen and oxygen atoms in total. The Morgan fingerprint density at radius 1 is 1.03 bits per heavy atom. The summed E-state index contributed by atoms with van der Waals surface area (Å²) in [6, 6.07) is 13.1. The molecule has 0 saturated heterocycles. The maximum atomic E-state index is 6.51. The largest absolute Gasteiger partial charge is 0.436 e. The van der Waals surface area contributed by atoms with Gasteiger partial charge in [0.2, 0.25) is 11.1 Å². The first-order valence-electron chi connectivity index (χ1n) is 10.5. The molecule has 0 bridgehead atoms. The van der Waals surface area contributed by atoms with Crippen LogP contribution in [-0.4, -0.2) is 23.6 Å². The minimum Gasteiger partial charge on any atom is -0.436 e. The van der Waals surface area contributed by atoms with Crippen LogP contribution in [0.1, 0.15) is 36.5 Å². The minimum atomic E-state index is 0.432. The summed E-state index contributed by atoms with van der Waals surface area (Å²) in [7, 11) is 6.22. The van der Waals surface area contributed by atoms with Crippen LogP contribution in [0.3, 0.4) is 0 Å². The van der Waals surface area contributed by atoms with Crippen LogP contribution in [0.4, 0.5) is 0 Å². The number of hydrogen-bond donors (Lipinski definition) is 0. The molecule has 152 valence electrons. The van der Waals surface area contributed by atoms with Crippen LogP contribution in [0.15, 0.2) is 40.8 Å². The Bertz CT molecular complexity index is 1560. The van der Waals surface area contributed by atoms with Gasteiger partial charge in [-0.25, -0.2) is 9.56 Å². The topological polar surface area (TPSA) is 34.0 Å². The van der Waals surface area contributed by atoms with Crippen molar-refractivity contribution < 1.29 is 4.42 Å². The number of rotatable bonds is 1. The standard InChI is InChI=1S/C26H28N3O/c1-14(2)17-12-18-11-15(3)16(4)22-23(18)21(13-17)30-26-25(22)29(7)20-10-8-9-19(28(5)6)24(20)27-26/h8-14H,1-7H3/q+1. The van der Waals surface area contributed by atoms with Gasteiger partial charge in [0.15, 0.2) is 5.52 Å². The molecule has 3 aromatic carbocycles. The highest BCUT2D eigenvalue weighted by molar-refractivity contribution is 6.18. The van der Waals surface area contributed by atoms with Gasteiger partial charge >= 0.3 is 0 Å². The van der Waals surface area contributed by atoms with Crippen molar-refractivity contribution in [3.05, 3.63) is 58.4 Å². The molecular formula is C26H28N3O+. The molecule has 0 saturated carbocycles. The first-order chi connectivity index (χ1) is 14.3. The smallest absolute Gasteiger partial charge is 0.245 e. The van der Waals surface area contributed by atoms with E-state index in [4.69, 9.17) is 9.40 Å². The molecule has 0 atom stereocenters. The maximum Gasteiger partial charge on any atom is 0.245 e. The zero-order valence-corrected chi connectivity index (χ0v) is 18.8. The predicted octanol–water partition coefficient (Wildman–Crippen LogP) is 5.40. The number of benzene rings is 3. The highest BCUT2D eigenvalue weighted by Crippen LogP contribution is 2.38. The van der Waals surface area contributed by atoms with Crippen LogP contribution in [0.2, 0.25) is 0 Å². The van der Waals surface area contributed by atoms with Crippen molar-refractivity contribution >= 4 is 44.0 Å². The van der Waals surface area contributed by atoms with Gasteiger partial charge < -0.3 is 8.98 Å². The summed E-state index contributed by atoms with van der Waals surface area (Å²) in [4.78, 5) is 5.04. The van der Waals surface area contributed by atoms with Crippen molar-refractivity contribution in [3.63, 3.8) is 0 Å². The maximum absolute atomic E-state index is 6.51. The molecule has 0 radical (unpaired) electrons. The van der Waals surface area contributed by atoms with Crippen molar-refractivity contribution in [1.29, 1.82) is 0 Å². The molecule has 2 aromatic heterocycles. The van der Waals surface area contributed by atoms with Gasteiger partial charge in [-0.1, -0.05) is 32.0 Å². The van der Waals surface area contributed by atoms with Crippen LogP contribution in [0, 0.1) is 13.8 Å². The van der Waals surface area contributed by atoms with E-state index in [0.29, 0.717) is 11.6 Å². The van der Waals surface area contributed by atoms with Crippen molar-refractivity contribution in [3.8, 4) is 0 Å². The zero-order chi connectivity index (χ0) is 21.3. The van der Waals surface area contributed by atoms with Crippen molar-refractivity contribution in [2.75, 3.05) is 14.1 Å². The van der Waals surface area contributed by atoms with Crippen LogP contribution >= 0.6 is 0 Å². The Balaban J connectivity index is 2.13. The van der Waals surface area contributed by atoms with E-state index in [0.717, 1.165) is 27.5 Å². The summed E-state index contributed by atoms with van der Waals surface area (Å²) in [5, 5.41) is 4.75. The molecule has 5 rings (SSSR count). The van der Waals surface area contributed by atoms with Crippen LogP contribution in [0.5, 0.6) is 0 Å². The van der Waals surface area contributed by atoms with E-state index >= 15 is 0 Å². The van der Waals surface area contributed by atoms with E-state index < -0.39 is 0 Å². The Kier molecular flexibility index (Phi) is 4.04. The molecule has 0 amide bonds. The molecular weight excluding hydrogens is 370 g/mol. The van der Waals surface area contributed by atoms with E-state index in [9.17, 15) is 0 Å². The molecule has 0 spiro atoms. The lowest BCUT2D eigenvalue weighted by Crippen LogP contribution is -2.23. The van der Waals surface area contributed by atoms with Gasteiger partial charge in [0, 0.05) is 23.9 Å². The first-order valence-corrected chi connectivity index (χ1v) is 10.5. The van der Waals surface area contributed by atoms with E-state index in [1.54, 1.807) is 0 Å². The van der Waals surface area contributed by atoms with E-state index in [2.05, 4.69) is 94.4 Å². The quantitative estimate of drug-likeness (QED) is 0.215. The Labute approximate surface area is 176 Å². The van der Waals surface area contributed by atoms with Crippen LogP contribution in [0.25, 0.3) is 44.0 Å². The lowest BCUT2D eigenvalue weighted by molar-refractivity contribution is 0.642. The fourth-order valence-electron chi connectivity index (χ4n) is 4.61. The molecule has 2 heterocycles. The lowest BCUT2D eigenvalue weighted by atomic mass is 9.92. The number of hydrogen-bond acceptors (Lipinski definition) is 2. The number of para-hydroxylation sites is 1. The van der Waals surface area contributed by atoms with Crippen molar-refractivity contribution in [2.24, 2.45) is 7.05 Å². The Morgan fingerprint density at radius 3 is 2.50 bits per heavy atom. The van der Waals surface area contributed by atoms with Gasteiger partial charge in [-0.05, 0) is 54.0 Å². The normalized spacial score (nSPS) is 12.1. The summed E-state index contributed by atoms with van der Waals surface area (Å²) >= 11 is 0. The molecule has 0 N–H and O–H groups in total. The minimum absolute atomic E-state index is 0.432. The average Bonchev–Trinajstić information content (AvgIpc) is 2.70. The molecule has 0 aliphatic heterocycles. The molecule has 0 fully saturated rings. The van der Waals surface area contributed by atoms with Gasteiger partial charge in [-0.15, -0.1) is 0 Å². The second kappa shape index (κ2) is 6.43. The second-order valence-electron chi connectivity index (χ2n) is 8.93. The van der Waals surface area contributed by atoms with Gasteiger partial charge in [-0.2, -0.15) is 0 Å². The van der Waals surface area contributed by atoms with Gasteiger partial charge in [0.1, 0.15) is 25.2 Å². The SMILES string of the molecule is Cc1cc2cc(C(C)C)cc3oc4nc5c(=[N+](C)C)cccc5n(C)c4c(c1C)c23.